The average Bonchev–Trinajstić information content (AvgIpc) is 2.50. The number of anilines is 1. The van der Waals surface area contributed by atoms with Crippen LogP contribution in [-0.4, -0.2) is 25.3 Å². The van der Waals surface area contributed by atoms with Crippen molar-refractivity contribution in [1.29, 1.82) is 0 Å². The van der Waals surface area contributed by atoms with E-state index in [1.165, 1.54) is 0 Å². The molecule has 1 rings (SSSR count). The number of amides is 1. The number of hydrazone groups is 1. The van der Waals surface area contributed by atoms with Crippen LogP contribution in [0.25, 0.3) is 0 Å². The Morgan fingerprint density at radius 1 is 1.35 bits per heavy atom. The number of nitrogens with zero attached hydrogens (tertiary/aromatic N) is 1. The highest BCUT2D eigenvalue weighted by Crippen LogP contribution is 2.14. The van der Waals surface area contributed by atoms with E-state index in [2.05, 4.69) is 29.7 Å². The highest BCUT2D eigenvalue weighted by atomic mass is 16.5. The van der Waals surface area contributed by atoms with Gasteiger partial charge in [0.1, 0.15) is 5.75 Å². The third kappa shape index (κ3) is 5.30. The predicted octanol–water partition coefficient (Wildman–Crippen LogP) is 2.65. The van der Waals surface area contributed by atoms with Crippen molar-refractivity contribution in [3.8, 4) is 5.75 Å². The minimum absolute atomic E-state index is 0.163. The molecule has 0 heterocycles. The summed E-state index contributed by atoms with van der Waals surface area (Å²) >= 11 is 0. The van der Waals surface area contributed by atoms with Crippen molar-refractivity contribution < 1.29 is 9.53 Å². The molecule has 1 aromatic rings. The van der Waals surface area contributed by atoms with Gasteiger partial charge in [0, 0.05) is 11.4 Å². The Labute approximate surface area is 120 Å². The highest BCUT2D eigenvalue weighted by molar-refractivity contribution is 5.87. The summed E-state index contributed by atoms with van der Waals surface area (Å²) in [6, 6.07) is 7.40. The Kier molecular flexibility index (Phi) is 6.56. The molecule has 0 aromatic heterocycles. The Hall–Kier alpha value is -2.04. The van der Waals surface area contributed by atoms with Gasteiger partial charge in [-0.25, -0.2) is 5.43 Å². The molecular weight excluding hydrogens is 254 g/mol. The zero-order chi connectivity index (χ0) is 15.0. The second kappa shape index (κ2) is 8.19. The molecule has 0 saturated heterocycles. The van der Waals surface area contributed by atoms with E-state index in [4.69, 9.17) is 4.74 Å². The van der Waals surface area contributed by atoms with Gasteiger partial charge in [-0.1, -0.05) is 13.8 Å². The lowest BCUT2D eigenvalue weighted by Gasteiger charge is -2.09. The monoisotopic (exact) mass is 277 g/mol. The fourth-order valence-corrected chi connectivity index (χ4v) is 1.49. The Balaban J connectivity index is 2.39. The Morgan fingerprint density at radius 3 is 2.55 bits per heavy atom. The predicted molar refractivity (Wildman–Crippen MR) is 82.2 cm³/mol. The molecule has 0 saturated carbocycles. The van der Waals surface area contributed by atoms with Gasteiger partial charge in [-0.15, -0.1) is 0 Å². The van der Waals surface area contributed by atoms with Gasteiger partial charge < -0.3 is 10.1 Å². The van der Waals surface area contributed by atoms with Gasteiger partial charge in [0.2, 0.25) is 0 Å². The minimum Gasteiger partial charge on any atom is -0.497 e. The van der Waals surface area contributed by atoms with Gasteiger partial charge in [0.25, 0.3) is 5.91 Å². The summed E-state index contributed by atoms with van der Waals surface area (Å²) in [7, 11) is 1.62. The second-order valence-corrected chi connectivity index (χ2v) is 4.68. The van der Waals surface area contributed by atoms with E-state index in [1.807, 2.05) is 31.2 Å². The van der Waals surface area contributed by atoms with Crippen LogP contribution >= 0.6 is 0 Å². The zero-order valence-electron chi connectivity index (χ0n) is 12.6. The van der Waals surface area contributed by atoms with E-state index in [1.54, 1.807) is 7.11 Å². The van der Waals surface area contributed by atoms with Crippen molar-refractivity contribution in [3.63, 3.8) is 0 Å². The molecule has 0 aliphatic rings. The molecule has 0 aliphatic heterocycles. The maximum Gasteiger partial charge on any atom is 0.259 e. The van der Waals surface area contributed by atoms with Gasteiger partial charge in [0.05, 0.1) is 13.7 Å². The van der Waals surface area contributed by atoms with Crippen LogP contribution in [0, 0.1) is 5.92 Å². The second-order valence-electron chi connectivity index (χ2n) is 4.68. The topological polar surface area (TPSA) is 62.7 Å². The largest absolute Gasteiger partial charge is 0.497 e. The lowest BCUT2D eigenvalue weighted by molar-refractivity contribution is -0.119. The van der Waals surface area contributed by atoms with Crippen molar-refractivity contribution in [2.75, 3.05) is 19.0 Å². The molecule has 5 heteroatoms. The number of ether oxygens (including phenoxy) is 1. The maximum absolute atomic E-state index is 11.6. The Bertz CT molecular complexity index is 455. The number of benzene rings is 1. The molecular formula is C15H23N3O2. The summed E-state index contributed by atoms with van der Waals surface area (Å²) in [4.78, 5) is 11.6. The van der Waals surface area contributed by atoms with E-state index >= 15 is 0 Å². The normalized spacial score (nSPS) is 12.7. The summed E-state index contributed by atoms with van der Waals surface area (Å²) in [6.45, 7) is 6.28. The van der Waals surface area contributed by atoms with E-state index in [0.29, 0.717) is 5.92 Å². The molecule has 0 unspecified atom stereocenters. The van der Waals surface area contributed by atoms with Crippen LogP contribution in [0.15, 0.2) is 29.4 Å². The molecule has 0 radical (unpaired) electrons. The van der Waals surface area contributed by atoms with E-state index < -0.39 is 0 Å². The number of carbonyl (C=O) groups excluding carboxylic acids is 1. The number of nitrogens with one attached hydrogen (secondary N) is 2. The third-order valence-corrected chi connectivity index (χ3v) is 3.23. The fourth-order valence-electron chi connectivity index (χ4n) is 1.49. The van der Waals surface area contributed by atoms with E-state index in [-0.39, 0.29) is 12.5 Å². The van der Waals surface area contributed by atoms with Gasteiger partial charge in [-0.3, -0.25) is 4.79 Å². The fraction of sp³-hybridized carbons (Fsp3) is 0.467. The number of hydrogen-bond donors (Lipinski definition) is 2. The average molecular weight is 277 g/mol. The van der Waals surface area contributed by atoms with Crippen LogP contribution < -0.4 is 15.5 Å². The number of rotatable bonds is 7. The summed E-state index contributed by atoms with van der Waals surface area (Å²) in [5.41, 5.74) is 4.35. The summed E-state index contributed by atoms with van der Waals surface area (Å²) in [5.74, 6) is 1.00. The highest BCUT2D eigenvalue weighted by Gasteiger charge is 2.04. The first-order chi connectivity index (χ1) is 9.56. The van der Waals surface area contributed by atoms with Crippen LogP contribution in [-0.2, 0) is 4.79 Å². The Morgan fingerprint density at radius 2 is 2.00 bits per heavy atom. The van der Waals surface area contributed by atoms with E-state index in [0.717, 1.165) is 23.6 Å². The third-order valence-electron chi connectivity index (χ3n) is 3.23. The van der Waals surface area contributed by atoms with Crippen LogP contribution in [0.5, 0.6) is 5.75 Å². The van der Waals surface area contributed by atoms with Crippen molar-refractivity contribution in [2.24, 2.45) is 11.0 Å². The van der Waals surface area contributed by atoms with Crippen molar-refractivity contribution in [1.82, 2.24) is 5.43 Å². The number of hydrogen-bond acceptors (Lipinski definition) is 4. The first kappa shape index (κ1) is 16.0. The molecule has 0 bridgehead atoms. The first-order valence-electron chi connectivity index (χ1n) is 6.77. The summed E-state index contributed by atoms with van der Waals surface area (Å²) < 4.78 is 5.07. The molecule has 1 atom stereocenters. The van der Waals surface area contributed by atoms with Crippen LogP contribution in [0.2, 0.25) is 0 Å². The smallest absolute Gasteiger partial charge is 0.259 e. The standard InChI is InChI=1S/C15H23N3O2/c1-5-11(2)12(3)17-18-15(19)10-16-13-6-8-14(20-4)9-7-13/h6-9,11,16H,5,10H2,1-4H3,(H,18,19)/b17-12-/t11-/m0/s1. The lowest BCUT2D eigenvalue weighted by atomic mass is 10.1. The van der Waals surface area contributed by atoms with Crippen molar-refractivity contribution >= 4 is 17.3 Å². The van der Waals surface area contributed by atoms with Crippen LogP contribution in [0.3, 0.4) is 0 Å². The SMILES string of the molecule is CC[C@H](C)/C(C)=N\NC(=O)CNc1ccc(OC)cc1. The number of carbonyl (C=O) groups is 1. The molecule has 1 amide bonds. The van der Waals surface area contributed by atoms with Crippen molar-refractivity contribution in [2.45, 2.75) is 27.2 Å². The first-order valence-corrected chi connectivity index (χ1v) is 6.77. The molecule has 110 valence electrons. The molecule has 1 aromatic carbocycles. The quantitative estimate of drug-likeness (QED) is 0.595. The van der Waals surface area contributed by atoms with E-state index in [9.17, 15) is 4.79 Å². The molecule has 0 spiro atoms. The van der Waals surface area contributed by atoms with Crippen LogP contribution in [0.1, 0.15) is 27.2 Å². The van der Waals surface area contributed by atoms with Gasteiger partial charge >= 0.3 is 0 Å². The summed E-state index contributed by atoms with van der Waals surface area (Å²) in [5, 5.41) is 7.12. The molecule has 2 N–H and O–H groups in total. The van der Waals surface area contributed by atoms with Crippen molar-refractivity contribution in [3.05, 3.63) is 24.3 Å². The molecule has 0 aliphatic carbocycles. The lowest BCUT2D eigenvalue weighted by Crippen LogP contribution is -2.27. The maximum atomic E-state index is 11.6. The molecule has 20 heavy (non-hydrogen) atoms. The summed E-state index contributed by atoms with van der Waals surface area (Å²) in [6.07, 6.45) is 1.01. The van der Waals surface area contributed by atoms with Gasteiger partial charge in [-0.05, 0) is 43.5 Å². The van der Waals surface area contributed by atoms with Crippen LogP contribution in [0.4, 0.5) is 5.69 Å². The number of methoxy groups -OCH3 is 1. The minimum atomic E-state index is -0.163. The molecule has 5 nitrogen and oxygen atoms in total. The zero-order valence-corrected chi connectivity index (χ0v) is 12.6. The molecule has 0 fully saturated rings. The van der Waals surface area contributed by atoms with Gasteiger partial charge in [0.15, 0.2) is 0 Å². The van der Waals surface area contributed by atoms with Gasteiger partial charge in [-0.2, -0.15) is 5.10 Å².